The molecule has 0 aliphatic carbocycles. The number of rotatable bonds is 4. The average molecular weight is 201 g/mol. The molecule has 0 saturated carbocycles. The van der Waals surface area contributed by atoms with E-state index in [1.807, 2.05) is 0 Å². The van der Waals surface area contributed by atoms with Crippen molar-refractivity contribution >= 4 is 11.8 Å². The minimum absolute atomic E-state index is 0.113. The van der Waals surface area contributed by atoms with Gasteiger partial charge in [0.15, 0.2) is 5.78 Å². The van der Waals surface area contributed by atoms with Gasteiger partial charge < -0.3 is 15.6 Å². The van der Waals surface area contributed by atoms with Crippen LogP contribution in [-0.4, -0.2) is 36.1 Å². The van der Waals surface area contributed by atoms with Crippen LogP contribution >= 0.6 is 0 Å². The summed E-state index contributed by atoms with van der Waals surface area (Å²) in [5.41, 5.74) is 5.48. The molecule has 1 fully saturated rings. The van der Waals surface area contributed by atoms with Crippen LogP contribution in [0.25, 0.3) is 0 Å². The van der Waals surface area contributed by atoms with Crippen molar-refractivity contribution in [2.75, 3.05) is 13.2 Å². The number of hydrogen-bond donors (Lipinski definition) is 2. The first-order valence-electron chi connectivity index (χ1n) is 4.70. The Morgan fingerprint density at radius 1 is 1.43 bits per heavy atom. The Hall–Kier alpha value is -0.940. The molecule has 0 spiro atoms. The van der Waals surface area contributed by atoms with Crippen LogP contribution in [0.5, 0.6) is 0 Å². The number of Topliss-reactive ketones (excluding diaryl/α,β-unsaturated/α-hetero) is 1. The van der Waals surface area contributed by atoms with E-state index in [0.717, 1.165) is 0 Å². The molecule has 5 nitrogen and oxygen atoms in total. The molecule has 0 amide bonds. The van der Waals surface area contributed by atoms with Crippen LogP contribution in [0.1, 0.15) is 19.3 Å². The summed E-state index contributed by atoms with van der Waals surface area (Å²) >= 11 is 0. The molecule has 5 heteroatoms. The van der Waals surface area contributed by atoms with Gasteiger partial charge in [0.2, 0.25) is 0 Å². The SMILES string of the molecule is NC(CC(=O)O)C(=O)C1CCOCC1. The third-order valence-electron chi connectivity index (χ3n) is 2.38. The molecule has 1 saturated heterocycles. The van der Waals surface area contributed by atoms with Crippen LogP contribution < -0.4 is 5.73 Å². The van der Waals surface area contributed by atoms with Crippen molar-refractivity contribution in [3.8, 4) is 0 Å². The lowest BCUT2D eigenvalue weighted by atomic mass is 9.90. The van der Waals surface area contributed by atoms with Gasteiger partial charge in [-0.15, -0.1) is 0 Å². The maximum Gasteiger partial charge on any atom is 0.305 e. The molecule has 80 valence electrons. The van der Waals surface area contributed by atoms with Gasteiger partial charge in [-0.2, -0.15) is 0 Å². The summed E-state index contributed by atoms with van der Waals surface area (Å²) in [6, 6.07) is -0.865. The molecule has 3 N–H and O–H groups in total. The van der Waals surface area contributed by atoms with Crippen LogP contribution in [0.4, 0.5) is 0 Å². The molecule has 1 unspecified atom stereocenters. The normalized spacial score (nSPS) is 20.4. The zero-order chi connectivity index (χ0) is 10.6. The summed E-state index contributed by atoms with van der Waals surface area (Å²) in [5.74, 6) is -1.29. The monoisotopic (exact) mass is 201 g/mol. The van der Waals surface area contributed by atoms with E-state index in [2.05, 4.69) is 0 Å². The number of carbonyl (C=O) groups excluding carboxylic acids is 1. The van der Waals surface area contributed by atoms with Gasteiger partial charge in [-0.1, -0.05) is 0 Å². The van der Waals surface area contributed by atoms with E-state index in [1.54, 1.807) is 0 Å². The molecule has 1 atom stereocenters. The van der Waals surface area contributed by atoms with E-state index in [0.29, 0.717) is 26.1 Å². The average Bonchev–Trinajstić information content (AvgIpc) is 2.17. The predicted octanol–water partition coefficient (Wildman–Crippen LogP) is -0.216. The Balaban J connectivity index is 2.42. The van der Waals surface area contributed by atoms with Crippen LogP contribution in [0, 0.1) is 5.92 Å². The van der Waals surface area contributed by atoms with Crippen LogP contribution in [0.3, 0.4) is 0 Å². The van der Waals surface area contributed by atoms with E-state index in [1.165, 1.54) is 0 Å². The van der Waals surface area contributed by atoms with Crippen molar-refractivity contribution < 1.29 is 19.4 Å². The number of hydrogen-bond acceptors (Lipinski definition) is 4. The largest absolute Gasteiger partial charge is 0.481 e. The number of carboxylic acid groups (broad SMARTS) is 1. The van der Waals surface area contributed by atoms with Gasteiger partial charge in [0, 0.05) is 19.1 Å². The summed E-state index contributed by atoms with van der Waals surface area (Å²) in [4.78, 5) is 21.9. The van der Waals surface area contributed by atoms with E-state index < -0.39 is 12.0 Å². The molecular formula is C9H15NO4. The van der Waals surface area contributed by atoms with Crippen LogP contribution in [0.15, 0.2) is 0 Å². The smallest absolute Gasteiger partial charge is 0.305 e. The second kappa shape index (κ2) is 5.07. The molecule has 0 aromatic carbocycles. The fourth-order valence-electron chi connectivity index (χ4n) is 1.57. The lowest BCUT2D eigenvalue weighted by Gasteiger charge is -2.22. The van der Waals surface area contributed by atoms with Gasteiger partial charge in [-0.25, -0.2) is 0 Å². The fraction of sp³-hybridized carbons (Fsp3) is 0.778. The first kappa shape index (κ1) is 11.1. The summed E-state index contributed by atoms with van der Waals surface area (Å²) in [7, 11) is 0. The number of ketones is 1. The maximum absolute atomic E-state index is 11.6. The highest BCUT2D eigenvalue weighted by Gasteiger charge is 2.27. The van der Waals surface area contributed by atoms with Gasteiger partial charge >= 0.3 is 5.97 Å². The second-order valence-electron chi connectivity index (χ2n) is 3.49. The third kappa shape index (κ3) is 3.08. The molecular weight excluding hydrogens is 186 g/mol. The van der Waals surface area contributed by atoms with Crippen molar-refractivity contribution in [3.63, 3.8) is 0 Å². The molecule has 0 bridgehead atoms. The highest BCUT2D eigenvalue weighted by Crippen LogP contribution is 2.17. The molecule has 14 heavy (non-hydrogen) atoms. The Morgan fingerprint density at radius 3 is 2.50 bits per heavy atom. The quantitative estimate of drug-likeness (QED) is 0.656. The molecule has 1 heterocycles. The Kier molecular flexibility index (Phi) is 4.03. The number of carboxylic acids is 1. The highest BCUT2D eigenvalue weighted by molar-refractivity contribution is 5.89. The number of carbonyl (C=O) groups is 2. The lowest BCUT2D eigenvalue weighted by Crippen LogP contribution is -2.39. The Bertz CT molecular complexity index is 223. The minimum atomic E-state index is -1.03. The Labute approximate surface area is 82.2 Å². The number of aliphatic carboxylic acids is 1. The number of nitrogens with two attached hydrogens (primary N) is 1. The zero-order valence-electron chi connectivity index (χ0n) is 7.94. The van der Waals surface area contributed by atoms with Crippen molar-refractivity contribution in [1.29, 1.82) is 0 Å². The summed E-state index contributed by atoms with van der Waals surface area (Å²) in [5, 5.41) is 8.47. The van der Waals surface area contributed by atoms with Crippen molar-refractivity contribution in [3.05, 3.63) is 0 Å². The highest BCUT2D eigenvalue weighted by atomic mass is 16.5. The van der Waals surface area contributed by atoms with E-state index >= 15 is 0 Å². The minimum Gasteiger partial charge on any atom is -0.481 e. The van der Waals surface area contributed by atoms with Crippen LogP contribution in [-0.2, 0) is 14.3 Å². The molecule has 1 rings (SSSR count). The fourth-order valence-corrected chi connectivity index (χ4v) is 1.57. The maximum atomic E-state index is 11.6. The standard InChI is InChI=1S/C9H15NO4/c10-7(5-8(11)12)9(13)6-1-3-14-4-2-6/h6-7H,1-5,10H2,(H,11,12). The van der Waals surface area contributed by atoms with E-state index in [4.69, 9.17) is 15.6 Å². The molecule has 1 aliphatic rings. The topological polar surface area (TPSA) is 89.6 Å². The third-order valence-corrected chi connectivity index (χ3v) is 2.38. The molecule has 1 aliphatic heterocycles. The van der Waals surface area contributed by atoms with Gasteiger partial charge in [0.05, 0.1) is 12.5 Å². The van der Waals surface area contributed by atoms with Crippen molar-refractivity contribution in [1.82, 2.24) is 0 Å². The molecule has 0 radical (unpaired) electrons. The molecule has 0 aromatic rings. The molecule has 0 aromatic heterocycles. The predicted molar refractivity (Wildman–Crippen MR) is 48.8 cm³/mol. The number of ether oxygens (including phenoxy) is 1. The first-order chi connectivity index (χ1) is 6.61. The van der Waals surface area contributed by atoms with Gasteiger partial charge in [0.25, 0.3) is 0 Å². The second-order valence-corrected chi connectivity index (χ2v) is 3.49. The lowest BCUT2D eigenvalue weighted by molar-refractivity contribution is -0.140. The van der Waals surface area contributed by atoms with Gasteiger partial charge in [-0.3, -0.25) is 9.59 Å². The first-order valence-corrected chi connectivity index (χ1v) is 4.70. The van der Waals surface area contributed by atoms with Crippen LogP contribution in [0.2, 0.25) is 0 Å². The van der Waals surface area contributed by atoms with Crippen molar-refractivity contribution in [2.45, 2.75) is 25.3 Å². The summed E-state index contributed by atoms with van der Waals surface area (Å²) in [6.07, 6.45) is 1.04. The van der Waals surface area contributed by atoms with E-state index in [9.17, 15) is 9.59 Å². The van der Waals surface area contributed by atoms with E-state index in [-0.39, 0.29) is 18.1 Å². The summed E-state index contributed by atoms with van der Waals surface area (Å²) in [6.45, 7) is 1.13. The zero-order valence-corrected chi connectivity index (χ0v) is 7.94. The Morgan fingerprint density at radius 2 is 2.00 bits per heavy atom. The van der Waals surface area contributed by atoms with Gasteiger partial charge in [0.1, 0.15) is 0 Å². The van der Waals surface area contributed by atoms with Crippen molar-refractivity contribution in [2.24, 2.45) is 11.7 Å². The summed E-state index contributed by atoms with van der Waals surface area (Å²) < 4.78 is 5.10. The van der Waals surface area contributed by atoms with Gasteiger partial charge in [-0.05, 0) is 12.8 Å².